The zero-order valence-corrected chi connectivity index (χ0v) is 17.5. The number of hydrogen-bond acceptors (Lipinski definition) is 7. The molecular weight excluding hydrogens is 431 g/mol. The van der Waals surface area contributed by atoms with Gasteiger partial charge in [-0.15, -0.1) is 11.3 Å². The number of nitrogens with two attached hydrogens (primary N) is 1. The smallest absolute Gasteiger partial charge is 0.305 e. The van der Waals surface area contributed by atoms with Gasteiger partial charge in [0.05, 0.1) is 16.7 Å². The topological polar surface area (TPSA) is 109 Å². The molecule has 9 heteroatoms. The van der Waals surface area contributed by atoms with Crippen molar-refractivity contribution in [1.82, 2.24) is 10.3 Å². The molecule has 0 aliphatic carbocycles. The third kappa shape index (κ3) is 3.19. The van der Waals surface area contributed by atoms with Crippen LogP contribution in [0, 0.1) is 5.82 Å². The van der Waals surface area contributed by atoms with Crippen LogP contribution >= 0.6 is 11.3 Å². The number of carbonyl (C=O) groups excluding carboxylic acids is 1. The maximum absolute atomic E-state index is 14.0. The van der Waals surface area contributed by atoms with Crippen LogP contribution in [0.2, 0.25) is 0 Å². The van der Waals surface area contributed by atoms with Crippen molar-refractivity contribution in [3.05, 3.63) is 77.1 Å². The van der Waals surface area contributed by atoms with Crippen LogP contribution < -0.4 is 15.5 Å². The van der Waals surface area contributed by atoms with E-state index in [0.29, 0.717) is 27.0 Å². The van der Waals surface area contributed by atoms with E-state index in [9.17, 15) is 14.3 Å². The molecule has 0 unspecified atom stereocenters. The van der Waals surface area contributed by atoms with Gasteiger partial charge in [-0.3, -0.25) is 4.79 Å². The Morgan fingerprint density at radius 2 is 1.88 bits per heavy atom. The fourth-order valence-corrected chi connectivity index (χ4v) is 4.65. The van der Waals surface area contributed by atoms with Crippen LogP contribution in [-0.2, 0) is 7.05 Å². The van der Waals surface area contributed by atoms with Crippen molar-refractivity contribution in [3.63, 3.8) is 0 Å². The van der Waals surface area contributed by atoms with Gasteiger partial charge in [-0.05, 0) is 29.3 Å². The summed E-state index contributed by atoms with van der Waals surface area (Å²) in [7, 11) is 1.44. The molecule has 158 valence electrons. The third-order valence-electron chi connectivity index (χ3n) is 5.09. The SMILES string of the molecule is C[n+]1noc([O-])c1C(=O)c1sc2nc(-c3ccccc3)cc(-c3cccc(F)c3)c2c1N. The van der Waals surface area contributed by atoms with Crippen LogP contribution in [0.4, 0.5) is 10.1 Å². The van der Waals surface area contributed by atoms with Gasteiger partial charge in [-0.1, -0.05) is 47.1 Å². The van der Waals surface area contributed by atoms with E-state index in [1.165, 1.54) is 19.2 Å². The van der Waals surface area contributed by atoms with Crippen molar-refractivity contribution in [2.45, 2.75) is 0 Å². The lowest BCUT2D eigenvalue weighted by Gasteiger charge is -2.09. The van der Waals surface area contributed by atoms with Gasteiger partial charge in [0.1, 0.15) is 15.5 Å². The summed E-state index contributed by atoms with van der Waals surface area (Å²) in [5, 5.41) is 16.0. The van der Waals surface area contributed by atoms with E-state index in [0.717, 1.165) is 21.6 Å². The molecule has 0 aliphatic rings. The van der Waals surface area contributed by atoms with Gasteiger partial charge >= 0.3 is 5.69 Å². The number of fused-ring (bicyclic) bond motifs is 1. The number of benzene rings is 2. The maximum atomic E-state index is 14.0. The highest BCUT2D eigenvalue weighted by Crippen LogP contribution is 2.42. The van der Waals surface area contributed by atoms with E-state index in [1.807, 2.05) is 36.4 Å². The Balaban J connectivity index is 1.79. The van der Waals surface area contributed by atoms with Gasteiger partial charge < -0.3 is 15.4 Å². The molecule has 32 heavy (non-hydrogen) atoms. The number of nitrogens with zero attached hydrogens (tertiary/aromatic N) is 3. The Morgan fingerprint density at radius 1 is 1.12 bits per heavy atom. The highest BCUT2D eigenvalue weighted by molar-refractivity contribution is 7.21. The van der Waals surface area contributed by atoms with Crippen LogP contribution in [0.15, 0.2) is 65.2 Å². The van der Waals surface area contributed by atoms with Crippen molar-refractivity contribution in [3.8, 4) is 28.3 Å². The summed E-state index contributed by atoms with van der Waals surface area (Å²) in [5.74, 6) is -1.85. The van der Waals surface area contributed by atoms with E-state index in [-0.39, 0.29) is 16.3 Å². The van der Waals surface area contributed by atoms with Crippen molar-refractivity contribution in [2.24, 2.45) is 7.05 Å². The fourth-order valence-electron chi connectivity index (χ4n) is 3.59. The summed E-state index contributed by atoms with van der Waals surface area (Å²) in [4.78, 5) is 18.5. The number of pyridine rings is 1. The Hall–Kier alpha value is -4.11. The molecule has 0 bridgehead atoms. The molecule has 0 amide bonds. The van der Waals surface area contributed by atoms with Crippen molar-refractivity contribution >= 4 is 33.0 Å². The standard InChI is InChI=1S/C23H15FN4O3S/c1-28-19(23(30)31-27-28)20(29)21-18(25)17-15(13-8-5-9-14(24)10-13)11-16(26-22(17)32-21)12-6-3-2-4-7-12/h2-11H,1H3,(H2-,25,27,29,30). The molecule has 5 aromatic rings. The second kappa shape index (κ2) is 7.54. The number of hydrogen-bond donors (Lipinski definition) is 1. The lowest BCUT2D eigenvalue weighted by Crippen LogP contribution is -2.37. The van der Waals surface area contributed by atoms with Crippen LogP contribution in [-0.4, -0.2) is 16.0 Å². The second-order valence-electron chi connectivity index (χ2n) is 7.12. The molecule has 0 radical (unpaired) electrons. The van der Waals surface area contributed by atoms with E-state index < -0.39 is 17.5 Å². The lowest BCUT2D eigenvalue weighted by molar-refractivity contribution is -0.741. The molecule has 5 rings (SSSR count). The van der Waals surface area contributed by atoms with Crippen molar-refractivity contribution in [2.75, 3.05) is 5.73 Å². The van der Waals surface area contributed by atoms with Gasteiger partial charge in [-0.25, -0.2) is 9.37 Å². The number of anilines is 1. The third-order valence-corrected chi connectivity index (χ3v) is 6.19. The number of nitrogen functional groups attached to an aromatic ring is 1. The number of thiophene rings is 1. The first kappa shape index (κ1) is 19.8. The summed E-state index contributed by atoms with van der Waals surface area (Å²) in [6.45, 7) is 0. The number of halogens is 1. The Labute approximate surface area is 185 Å². The first-order chi connectivity index (χ1) is 15.4. The number of aromatic nitrogens is 3. The van der Waals surface area contributed by atoms with Crippen molar-refractivity contribution < 1.29 is 23.5 Å². The summed E-state index contributed by atoms with van der Waals surface area (Å²) < 4.78 is 19.7. The fraction of sp³-hybridized carbons (Fsp3) is 0.0435. The molecule has 0 saturated heterocycles. The van der Waals surface area contributed by atoms with E-state index in [2.05, 4.69) is 9.79 Å². The predicted molar refractivity (Wildman–Crippen MR) is 115 cm³/mol. The van der Waals surface area contributed by atoms with E-state index >= 15 is 0 Å². The van der Waals surface area contributed by atoms with Gasteiger partial charge in [0, 0.05) is 10.9 Å². The van der Waals surface area contributed by atoms with Crippen LogP contribution in [0.25, 0.3) is 32.6 Å². The normalized spacial score (nSPS) is 11.2. The quantitative estimate of drug-likeness (QED) is 0.334. The molecule has 0 atom stereocenters. The first-order valence-corrected chi connectivity index (χ1v) is 10.4. The van der Waals surface area contributed by atoms with Gasteiger partial charge in [-0.2, -0.15) is 0 Å². The predicted octanol–water partition coefficient (Wildman–Crippen LogP) is 3.47. The maximum Gasteiger partial charge on any atom is 0.305 e. The van der Waals surface area contributed by atoms with Crippen LogP contribution in [0.3, 0.4) is 0 Å². The highest BCUT2D eigenvalue weighted by Gasteiger charge is 2.30. The molecule has 0 aliphatic heterocycles. The summed E-state index contributed by atoms with van der Waals surface area (Å²) in [6, 6.07) is 17.4. The summed E-state index contributed by atoms with van der Waals surface area (Å²) >= 11 is 1.07. The Morgan fingerprint density at radius 3 is 2.56 bits per heavy atom. The minimum atomic E-state index is -0.849. The van der Waals surface area contributed by atoms with Gasteiger partial charge in [0.2, 0.25) is 0 Å². The molecule has 7 nitrogen and oxygen atoms in total. The average Bonchev–Trinajstić information content (AvgIpc) is 3.32. The minimum Gasteiger partial charge on any atom is -0.539 e. The Bertz CT molecular complexity index is 1470. The summed E-state index contributed by atoms with van der Waals surface area (Å²) in [5.41, 5.74) is 9.08. The largest absolute Gasteiger partial charge is 0.539 e. The van der Waals surface area contributed by atoms with Crippen LogP contribution in [0.1, 0.15) is 15.4 Å². The molecule has 2 N–H and O–H groups in total. The monoisotopic (exact) mass is 446 g/mol. The highest BCUT2D eigenvalue weighted by atomic mass is 32.1. The molecule has 3 heterocycles. The van der Waals surface area contributed by atoms with Gasteiger partial charge in [0.25, 0.3) is 5.78 Å². The van der Waals surface area contributed by atoms with E-state index in [1.54, 1.807) is 12.1 Å². The molecule has 2 aromatic carbocycles. The molecule has 0 spiro atoms. The Kier molecular flexibility index (Phi) is 4.67. The average molecular weight is 446 g/mol. The van der Waals surface area contributed by atoms with Crippen molar-refractivity contribution in [1.29, 1.82) is 0 Å². The summed E-state index contributed by atoms with van der Waals surface area (Å²) in [6.07, 6.45) is 0. The molecule has 0 saturated carbocycles. The van der Waals surface area contributed by atoms with E-state index in [4.69, 9.17) is 10.7 Å². The number of aryl methyl sites for hydroxylation is 1. The zero-order chi connectivity index (χ0) is 22.4. The lowest BCUT2D eigenvalue weighted by atomic mass is 9.99. The number of ketones is 1. The number of rotatable bonds is 4. The molecule has 0 fully saturated rings. The first-order valence-electron chi connectivity index (χ1n) is 9.56. The minimum absolute atomic E-state index is 0.145. The van der Waals surface area contributed by atoms with Gasteiger partial charge in [0.15, 0.2) is 13.0 Å². The van der Waals surface area contributed by atoms with Crippen LogP contribution in [0.5, 0.6) is 5.95 Å². The second-order valence-corrected chi connectivity index (χ2v) is 8.12. The molecule has 3 aromatic heterocycles. The molecular formula is C23H15FN4O3S. The zero-order valence-electron chi connectivity index (χ0n) is 16.7. The number of carbonyl (C=O) groups is 1.